The van der Waals surface area contributed by atoms with Crippen molar-refractivity contribution in [2.45, 2.75) is 69.1 Å². The molecule has 1 saturated heterocycles. The largest absolute Gasteiger partial charge is 0.389 e. The molecular weight excluding hydrogens is 418 g/mol. The number of carbonyl (C=O) groups is 1. The Labute approximate surface area is 183 Å². The Balaban J connectivity index is 1.83. The lowest BCUT2D eigenvalue weighted by atomic mass is 9.90. The molecule has 1 fully saturated rings. The van der Waals surface area contributed by atoms with Crippen LogP contribution in [0.2, 0.25) is 0 Å². The van der Waals surface area contributed by atoms with Gasteiger partial charge in [-0.15, -0.1) is 0 Å². The first kappa shape index (κ1) is 23.4. The van der Waals surface area contributed by atoms with Crippen LogP contribution >= 0.6 is 0 Å². The third-order valence-corrected chi connectivity index (χ3v) is 6.54. The zero-order valence-electron chi connectivity index (χ0n) is 18.5. The van der Waals surface area contributed by atoms with Crippen molar-refractivity contribution in [1.82, 2.24) is 9.78 Å². The Morgan fingerprint density at radius 2 is 2.13 bits per heavy atom. The first-order valence-corrected chi connectivity index (χ1v) is 12.3. The molecular formula is C22H31N3O5S. The van der Waals surface area contributed by atoms with Crippen molar-refractivity contribution < 1.29 is 23.1 Å². The fourth-order valence-corrected chi connectivity index (χ4v) is 4.88. The molecule has 1 aliphatic heterocycles. The lowest BCUT2D eigenvalue weighted by Crippen LogP contribution is -2.27. The summed E-state index contributed by atoms with van der Waals surface area (Å²) >= 11 is 0. The highest BCUT2D eigenvalue weighted by Gasteiger charge is 2.28. The van der Waals surface area contributed by atoms with Crippen molar-refractivity contribution in [2.75, 3.05) is 18.2 Å². The van der Waals surface area contributed by atoms with E-state index in [9.17, 15) is 18.3 Å². The number of nitrogens with one attached hydrogen (secondary N) is 1. The maximum absolute atomic E-state index is 13.2. The van der Waals surface area contributed by atoms with Crippen LogP contribution in [0.3, 0.4) is 0 Å². The summed E-state index contributed by atoms with van der Waals surface area (Å²) in [5.41, 5.74) is 0.433. The molecule has 1 aromatic heterocycles. The van der Waals surface area contributed by atoms with Gasteiger partial charge >= 0.3 is 0 Å². The lowest BCUT2D eigenvalue weighted by molar-refractivity contribution is -0.118. The number of aryl methyl sites for hydroxylation is 1. The number of benzene rings is 1. The summed E-state index contributed by atoms with van der Waals surface area (Å²) in [4.78, 5) is 13.5. The fraction of sp³-hybridized carbons (Fsp3) is 0.545. The quantitative estimate of drug-likeness (QED) is 0.641. The molecule has 170 valence electrons. The van der Waals surface area contributed by atoms with Crippen molar-refractivity contribution in [2.24, 2.45) is 0 Å². The summed E-state index contributed by atoms with van der Waals surface area (Å²) in [6.45, 7) is 6.10. The number of hydrogen-bond donors (Lipinski definition) is 2. The summed E-state index contributed by atoms with van der Waals surface area (Å²) in [6.07, 6.45) is 5.23. The summed E-state index contributed by atoms with van der Waals surface area (Å²) < 4.78 is 31.3. The monoisotopic (exact) mass is 449 g/mol. The molecule has 2 aromatic rings. The van der Waals surface area contributed by atoms with Crippen LogP contribution in [0.4, 0.5) is 5.82 Å². The van der Waals surface area contributed by atoms with Crippen molar-refractivity contribution in [3.8, 4) is 0 Å². The smallest absolute Gasteiger partial charge is 0.233 e. The van der Waals surface area contributed by atoms with Gasteiger partial charge in [0.2, 0.25) is 5.91 Å². The number of aromatic nitrogens is 2. The maximum Gasteiger partial charge on any atom is 0.233 e. The van der Waals surface area contributed by atoms with E-state index in [0.29, 0.717) is 31.0 Å². The minimum absolute atomic E-state index is 0.0154. The molecule has 1 aromatic carbocycles. The standard InChI is InChI=1S/C22H31N3O5S/c1-15-12-16(7-8-19(15)31(4,28)29)18(13-17-6-5-11-30-17)21(26)23-20-9-10-25(24-20)14-22(2,3)27/h7-10,12,17-18,27H,5-6,11,13-14H2,1-4H3,(H,23,24,26)/t17?,18-/m1/s1. The van der Waals surface area contributed by atoms with Gasteiger partial charge in [0.05, 0.1) is 29.1 Å². The molecule has 3 rings (SSSR count). The van der Waals surface area contributed by atoms with Crippen LogP contribution in [-0.2, 0) is 25.9 Å². The van der Waals surface area contributed by atoms with Crippen LogP contribution in [0, 0.1) is 6.92 Å². The lowest BCUT2D eigenvalue weighted by Gasteiger charge is -2.21. The van der Waals surface area contributed by atoms with Crippen LogP contribution in [0.1, 0.15) is 50.2 Å². The Morgan fingerprint density at radius 3 is 2.71 bits per heavy atom. The van der Waals surface area contributed by atoms with E-state index < -0.39 is 21.4 Å². The molecule has 0 spiro atoms. The van der Waals surface area contributed by atoms with Gasteiger partial charge in [-0.25, -0.2) is 8.42 Å². The molecule has 9 heteroatoms. The molecule has 8 nitrogen and oxygen atoms in total. The number of anilines is 1. The van der Waals surface area contributed by atoms with E-state index in [0.717, 1.165) is 18.4 Å². The van der Waals surface area contributed by atoms with Crippen LogP contribution in [0.5, 0.6) is 0 Å². The van der Waals surface area contributed by atoms with Crippen molar-refractivity contribution in [3.63, 3.8) is 0 Å². The van der Waals surface area contributed by atoms with Crippen LogP contribution in [-0.4, -0.2) is 53.8 Å². The minimum Gasteiger partial charge on any atom is -0.389 e. The first-order valence-electron chi connectivity index (χ1n) is 10.4. The van der Waals surface area contributed by atoms with Gasteiger partial charge in [-0.3, -0.25) is 9.48 Å². The molecule has 0 saturated carbocycles. The van der Waals surface area contributed by atoms with E-state index in [-0.39, 0.29) is 16.9 Å². The van der Waals surface area contributed by atoms with E-state index in [1.54, 1.807) is 55.9 Å². The molecule has 1 unspecified atom stereocenters. The summed E-state index contributed by atoms with van der Waals surface area (Å²) in [7, 11) is -3.34. The van der Waals surface area contributed by atoms with Crippen LogP contribution in [0.15, 0.2) is 35.4 Å². The fourth-order valence-electron chi connectivity index (χ4n) is 3.92. The number of nitrogens with zero attached hydrogens (tertiary/aromatic N) is 2. The molecule has 31 heavy (non-hydrogen) atoms. The first-order chi connectivity index (χ1) is 14.4. The molecule has 0 aliphatic carbocycles. The van der Waals surface area contributed by atoms with Crippen LogP contribution < -0.4 is 5.32 Å². The van der Waals surface area contributed by atoms with Crippen molar-refractivity contribution >= 4 is 21.6 Å². The average molecular weight is 450 g/mol. The number of ether oxygens (including phenoxy) is 1. The Bertz CT molecular complexity index is 1030. The van der Waals surface area contributed by atoms with Crippen molar-refractivity contribution in [1.29, 1.82) is 0 Å². The average Bonchev–Trinajstić information content (AvgIpc) is 3.29. The molecule has 2 N–H and O–H groups in total. The molecule has 2 atom stereocenters. The molecule has 1 amide bonds. The molecule has 2 heterocycles. The normalized spacial score (nSPS) is 18.2. The molecule has 0 radical (unpaired) electrons. The topological polar surface area (TPSA) is 111 Å². The Kier molecular flexibility index (Phi) is 6.88. The number of amides is 1. The second-order valence-corrected chi connectivity index (χ2v) is 10.9. The number of hydrogen-bond acceptors (Lipinski definition) is 6. The van der Waals surface area contributed by atoms with E-state index >= 15 is 0 Å². The zero-order chi connectivity index (χ0) is 22.8. The third-order valence-electron chi connectivity index (χ3n) is 5.28. The van der Waals surface area contributed by atoms with Gasteiger partial charge in [0.25, 0.3) is 0 Å². The second kappa shape index (κ2) is 9.10. The second-order valence-electron chi connectivity index (χ2n) is 8.92. The molecule has 1 aliphatic rings. The predicted molar refractivity (Wildman–Crippen MR) is 118 cm³/mol. The maximum atomic E-state index is 13.2. The Hall–Kier alpha value is -2.23. The number of carbonyl (C=O) groups excluding carboxylic acids is 1. The van der Waals surface area contributed by atoms with Gasteiger partial charge < -0.3 is 15.2 Å². The van der Waals surface area contributed by atoms with Gasteiger partial charge in [-0.05, 0) is 57.2 Å². The number of sulfone groups is 1. The third kappa shape index (κ3) is 6.38. The van der Waals surface area contributed by atoms with E-state index in [1.165, 1.54) is 6.26 Å². The van der Waals surface area contributed by atoms with E-state index in [1.807, 2.05) is 0 Å². The van der Waals surface area contributed by atoms with Crippen molar-refractivity contribution in [3.05, 3.63) is 41.6 Å². The number of rotatable bonds is 8. The minimum atomic E-state index is -3.34. The van der Waals surface area contributed by atoms with Gasteiger partial charge in [-0.2, -0.15) is 5.10 Å². The van der Waals surface area contributed by atoms with E-state index in [4.69, 9.17) is 4.74 Å². The van der Waals surface area contributed by atoms with Gasteiger partial charge in [0.1, 0.15) is 0 Å². The summed E-state index contributed by atoms with van der Waals surface area (Å²) in [5.74, 6) is -0.332. The highest BCUT2D eigenvalue weighted by atomic mass is 32.2. The highest BCUT2D eigenvalue weighted by Crippen LogP contribution is 2.30. The van der Waals surface area contributed by atoms with E-state index in [2.05, 4.69) is 10.4 Å². The summed E-state index contributed by atoms with van der Waals surface area (Å²) in [5, 5.41) is 17.1. The Morgan fingerprint density at radius 1 is 1.39 bits per heavy atom. The summed E-state index contributed by atoms with van der Waals surface area (Å²) in [6, 6.07) is 6.72. The molecule has 0 bridgehead atoms. The zero-order valence-corrected chi connectivity index (χ0v) is 19.3. The van der Waals surface area contributed by atoms with Gasteiger partial charge in [-0.1, -0.05) is 12.1 Å². The SMILES string of the molecule is Cc1cc([C@@H](CC2CCCO2)C(=O)Nc2ccn(CC(C)(C)O)n2)ccc1S(C)(=O)=O. The van der Waals surface area contributed by atoms with Gasteiger partial charge in [0, 0.05) is 25.1 Å². The van der Waals surface area contributed by atoms with Gasteiger partial charge in [0.15, 0.2) is 15.7 Å². The highest BCUT2D eigenvalue weighted by molar-refractivity contribution is 7.90. The predicted octanol–water partition coefficient (Wildman–Crippen LogP) is 2.66. The number of aliphatic hydroxyl groups is 1. The van der Waals surface area contributed by atoms with Crippen LogP contribution in [0.25, 0.3) is 0 Å².